The minimum Gasteiger partial charge on any atom is -0.391 e. The van der Waals surface area contributed by atoms with Crippen LogP contribution >= 0.6 is 0 Å². The molecule has 4 N–H and O–H groups in total. The first kappa shape index (κ1) is 24.8. The molecule has 1 aliphatic rings. The molecule has 0 saturated carbocycles. The topological polar surface area (TPSA) is 111 Å². The van der Waals surface area contributed by atoms with Crippen LogP contribution in [0.4, 0.5) is 0 Å². The molecule has 1 aromatic carbocycles. The van der Waals surface area contributed by atoms with Gasteiger partial charge in [0, 0.05) is 13.1 Å². The SMILES string of the molecule is CC[C@H]1C[C@@H](C(=O)NCCc2ccccc2)N(C(=O)[C@@H](NC(=O)[C@H](C)NC)[C@H](C)O)C1. The lowest BCUT2D eigenvalue weighted by Crippen LogP contribution is -2.58. The number of likely N-dealkylation sites (tertiary alicyclic amines) is 1. The number of hydrogen-bond acceptors (Lipinski definition) is 5. The summed E-state index contributed by atoms with van der Waals surface area (Å²) in [6.07, 6.45) is 1.05. The second-order valence-corrected chi connectivity index (χ2v) is 8.28. The molecule has 0 aliphatic carbocycles. The number of benzene rings is 1. The van der Waals surface area contributed by atoms with Gasteiger partial charge in [0.05, 0.1) is 12.1 Å². The minimum atomic E-state index is -1.10. The number of rotatable bonds is 10. The molecule has 0 spiro atoms. The molecule has 0 unspecified atom stereocenters. The highest BCUT2D eigenvalue weighted by molar-refractivity contribution is 5.93. The van der Waals surface area contributed by atoms with E-state index in [-0.39, 0.29) is 17.7 Å². The van der Waals surface area contributed by atoms with Crippen molar-refractivity contribution in [1.29, 1.82) is 0 Å². The lowest BCUT2D eigenvalue weighted by molar-refractivity contribution is -0.144. The Morgan fingerprint density at radius 3 is 2.45 bits per heavy atom. The number of likely N-dealkylation sites (N-methyl/N-ethyl adjacent to an activating group) is 1. The van der Waals surface area contributed by atoms with Gasteiger partial charge in [-0.1, -0.05) is 43.7 Å². The molecule has 0 radical (unpaired) electrons. The predicted molar refractivity (Wildman–Crippen MR) is 119 cm³/mol. The summed E-state index contributed by atoms with van der Waals surface area (Å²) in [5, 5.41) is 18.6. The Bertz CT molecular complexity index is 740. The molecule has 0 aromatic heterocycles. The fourth-order valence-corrected chi connectivity index (χ4v) is 3.78. The summed E-state index contributed by atoms with van der Waals surface area (Å²) in [6.45, 7) is 6.09. The largest absolute Gasteiger partial charge is 0.391 e. The van der Waals surface area contributed by atoms with Gasteiger partial charge in [-0.05, 0) is 45.2 Å². The van der Waals surface area contributed by atoms with Crippen LogP contribution in [0.15, 0.2) is 30.3 Å². The molecular formula is C23H36N4O4. The average Bonchev–Trinajstić information content (AvgIpc) is 3.21. The number of amides is 3. The van der Waals surface area contributed by atoms with Crippen LogP contribution < -0.4 is 16.0 Å². The van der Waals surface area contributed by atoms with Gasteiger partial charge in [-0.2, -0.15) is 0 Å². The summed E-state index contributed by atoms with van der Waals surface area (Å²) < 4.78 is 0. The average molecular weight is 433 g/mol. The Kier molecular flexibility index (Phi) is 9.45. The standard InChI is InChI=1S/C23H36N4O4/c1-5-17-13-19(22(30)25-12-11-18-9-7-6-8-10-18)27(14-17)23(31)20(16(3)28)26-21(29)15(2)24-4/h6-10,15-17,19-20,24,28H,5,11-14H2,1-4H3,(H,25,30)(H,26,29)/t15-,16-,17-,19-,20-/m0/s1. The molecule has 1 fully saturated rings. The van der Waals surface area contributed by atoms with Crippen molar-refractivity contribution in [2.24, 2.45) is 5.92 Å². The third kappa shape index (κ3) is 6.77. The van der Waals surface area contributed by atoms with Crippen molar-refractivity contribution >= 4 is 17.7 Å². The number of carbonyl (C=O) groups excluding carboxylic acids is 3. The lowest BCUT2D eigenvalue weighted by Gasteiger charge is -2.30. The van der Waals surface area contributed by atoms with Gasteiger partial charge in [-0.3, -0.25) is 14.4 Å². The van der Waals surface area contributed by atoms with Crippen molar-refractivity contribution in [3.63, 3.8) is 0 Å². The zero-order valence-electron chi connectivity index (χ0n) is 18.9. The first-order valence-corrected chi connectivity index (χ1v) is 11.1. The van der Waals surface area contributed by atoms with Crippen molar-refractivity contribution in [1.82, 2.24) is 20.9 Å². The van der Waals surface area contributed by atoms with Crippen LogP contribution in [-0.2, 0) is 20.8 Å². The van der Waals surface area contributed by atoms with Gasteiger partial charge in [0.1, 0.15) is 12.1 Å². The van der Waals surface area contributed by atoms with E-state index in [1.54, 1.807) is 14.0 Å². The van der Waals surface area contributed by atoms with Gasteiger partial charge in [0.25, 0.3) is 0 Å². The normalized spacial score (nSPS) is 21.3. The molecule has 8 heteroatoms. The summed E-state index contributed by atoms with van der Waals surface area (Å²) in [6, 6.07) is 7.67. The van der Waals surface area contributed by atoms with Crippen LogP contribution in [0.3, 0.4) is 0 Å². The first-order valence-electron chi connectivity index (χ1n) is 11.1. The van der Waals surface area contributed by atoms with Crippen LogP contribution in [0.1, 0.15) is 39.2 Å². The Balaban J connectivity index is 2.06. The highest BCUT2D eigenvalue weighted by Gasteiger charge is 2.42. The third-order valence-electron chi connectivity index (χ3n) is 5.98. The fraction of sp³-hybridized carbons (Fsp3) is 0.609. The molecule has 2 rings (SSSR count). The van der Waals surface area contributed by atoms with Crippen LogP contribution in [-0.4, -0.2) is 72.1 Å². The van der Waals surface area contributed by atoms with Gasteiger partial charge in [-0.15, -0.1) is 0 Å². The van der Waals surface area contributed by atoms with E-state index in [4.69, 9.17) is 0 Å². The number of nitrogens with zero attached hydrogens (tertiary/aromatic N) is 1. The van der Waals surface area contributed by atoms with Crippen LogP contribution in [0.25, 0.3) is 0 Å². The first-order chi connectivity index (χ1) is 14.8. The van der Waals surface area contributed by atoms with Crippen molar-refractivity contribution in [2.45, 2.75) is 64.3 Å². The van der Waals surface area contributed by atoms with Gasteiger partial charge in [-0.25, -0.2) is 0 Å². The number of aliphatic hydroxyl groups is 1. The van der Waals surface area contributed by atoms with Crippen molar-refractivity contribution in [2.75, 3.05) is 20.1 Å². The smallest absolute Gasteiger partial charge is 0.248 e. The van der Waals surface area contributed by atoms with Crippen molar-refractivity contribution in [3.8, 4) is 0 Å². The highest BCUT2D eigenvalue weighted by Crippen LogP contribution is 2.27. The van der Waals surface area contributed by atoms with E-state index >= 15 is 0 Å². The van der Waals surface area contributed by atoms with E-state index in [2.05, 4.69) is 16.0 Å². The molecule has 3 amide bonds. The summed E-state index contributed by atoms with van der Waals surface area (Å²) in [4.78, 5) is 40.0. The molecule has 172 valence electrons. The van der Waals surface area contributed by atoms with E-state index in [9.17, 15) is 19.5 Å². The quantitative estimate of drug-likeness (QED) is 0.429. The highest BCUT2D eigenvalue weighted by atomic mass is 16.3. The maximum atomic E-state index is 13.3. The van der Waals surface area contributed by atoms with Crippen LogP contribution in [0, 0.1) is 5.92 Å². The van der Waals surface area contributed by atoms with E-state index in [0.29, 0.717) is 25.9 Å². The summed E-state index contributed by atoms with van der Waals surface area (Å²) >= 11 is 0. The molecule has 1 aliphatic heterocycles. The number of carbonyl (C=O) groups is 3. The molecule has 1 heterocycles. The maximum absolute atomic E-state index is 13.3. The van der Waals surface area contributed by atoms with Crippen molar-refractivity contribution in [3.05, 3.63) is 35.9 Å². The zero-order chi connectivity index (χ0) is 23.0. The molecule has 1 saturated heterocycles. The van der Waals surface area contributed by atoms with Crippen molar-refractivity contribution < 1.29 is 19.5 Å². The molecular weight excluding hydrogens is 396 g/mol. The zero-order valence-corrected chi connectivity index (χ0v) is 18.9. The predicted octanol–water partition coefficient (Wildman–Crippen LogP) is 0.446. The Labute approximate surface area is 184 Å². The third-order valence-corrected chi connectivity index (χ3v) is 5.98. The summed E-state index contributed by atoms with van der Waals surface area (Å²) in [5.41, 5.74) is 1.13. The maximum Gasteiger partial charge on any atom is 0.248 e. The number of aliphatic hydroxyl groups excluding tert-OH is 1. The second-order valence-electron chi connectivity index (χ2n) is 8.28. The lowest BCUT2D eigenvalue weighted by atomic mass is 10.0. The van der Waals surface area contributed by atoms with Gasteiger partial charge >= 0.3 is 0 Å². The molecule has 0 bridgehead atoms. The van der Waals surface area contributed by atoms with E-state index in [1.165, 1.54) is 11.8 Å². The molecule has 5 atom stereocenters. The van der Waals surface area contributed by atoms with E-state index in [1.807, 2.05) is 37.3 Å². The molecule has 8 nitrogen and oxygen atoms in total. The molecule has 1 aromatic rings. The second kappa shape index (κ2) is 11.8. The van der Waals surface area contributed by atoms with Gasteiger partial charge in [0.2, 0.25) is 17.7 Å². The van der Waals surface area contributed by atoms with E-state index in [0.717, 1.165) is 12.0 Å². The Hall–Kier alpha value is -2.45. The van der Waals surface area contributed by atoms with Gasteiger partial charge in [0.15, 0.2) is 0 Å². The monoisotopic (exact) mass is 432 g/mol. The minimum absolute atomic E-state index is 0.195. The van der Waals surface area contributed by atoms with Crippen LogP contribution in [0.5, 0.6) is 0 Å². The summed E-state index contributed by atoms with van der Waals surface area (Å²) in [7, 11) is 1.64. The fourth-order valence-electron chi connectivity index (χ4n) is 3.78. The van der Waals surface area contributed by atoms with E-state index < -0.39 is 30.1 Å². The van der Waals surface area contributed by atoms with Gasteiger partial charge < -0.3 is 26.0 Å². The Morgan fingerprint density at radius 2 is 1.87 bits per heavy atom. The number of nitrogens with one attached hydrogen (secondary N) is 3. The number of hydrogen-bond donors (Lipinski definition) is 4. The van der Waals surface area contributed by atoms with Crippen LogP contribution in [0.2, 0.25) is 0 Å². The summed E-state index contributed by atoms with van der Waals surface area (Å²) in [5.74, 6) is -0.794. The Morgan fingerprint density at radius 1 is 1.19 bits per heavy atom. The molecule has 31 heavy (non-hydrogen) atoms.